The summed E-state index contributed by atoms with van der Waals surface area (Å²) in [5.41, 5.74) is 0.827. The van der Waals surface area contributed by atoms with E-state index >= 15 is 0 Å². The van der Waals surface area contributed by atoms with Crippen molar-refractivity contribution in [2.75, 3.05) is 7.11 Å². The Labute approximate surface area is 63.8 Å². The standard InChI is InChI=1S/C7H9NO3/c1-4-6(9)3-5(8-4)7(10)11-2/h3,8-9H,1-2H3. The number of hydrogen-bond acceptors (Lipinski definition) is 3. The van der Waals surface area contributed by atoms with Crippen LogP contribution in [0.2, 0.25) is 0 Å². The molecular formula is C7H9NO3. The number of aromatic nitrogens is 1. The number of H-pyrrole nitrogens is 1. The Morgan fingerprint density at radius 1 is 1.73 bits per heavy atom. The molecule has 0 saturated heterocycles. The quantitative estimate of drug-likeness (QED) is 0.590. The highest BCUT2D eigenvalue weighted by Crippen LogP contribution is 2.16. The number of carbonyl (C=O) groups excluding carboxylic acids is 1. The molecule has 1 aromatic heterocycles. The van der Waals surface area contributed by atoms with E-state index in [9.17, 15) is 4.79 Å². The first-order chi connectivity index (χ1) is 5.15. The van der Waals surface area contributed by atoms with Crippen LogP contribution in [-0.4, -0.2) is 23.2 Å². The van der Waals surface area contributed by atoms with Crippen molar-refractivity contribution < 1.29 is 14.6 Å². The van der Waals surface area contributed by atoms with Crippen molar-refractivity contribution in [2.24, 2.45) is 0 Å². The van der Waals surface area contributed by atoms with Crippen molar-refractivity contribution in [1.29, 1.82) is 0 Å². The van der Waals surface area contributed by atoms with Gasteiger partial charge in [0.25, 0.3) is 0 Å². The number of rotatable bonds is 1. The number of aryl methyl sites for hydroxylation is 1. The van der Waals surface area contributed by atoms with E-state index in [0.717, 1.165) is 0 Å². The first kappa shape index (κ1) is 7.65. The van der Waals surface area contributed by atoms with Gasteiger partial charge in [0.15, 0.2) is 0 Å². The van der Waals surface area contributed by atoms with Crippen LogP contribution >= 0.6 is 0 Å². The fraction of sp³-hybridized carbons (Fsp3) is 0.286. The Bertz CT molecular complexity index is 258. The van der Waals surface area contributed by atoms with Crippen LogP contribution < -0.4 is 0 Å². The Kier molecular flexibility index (Phi) is 1.85. The molecule has 0 atom stereocenters. The lowest BCUT2D eigenvalue weighted by Crippen LogP contribution is -2.00. The molecule has 0 aliphatic heterocycles. The van der Waals surface area contributed by atoms with E-state index in [0.29, 0.717) is 5.69 Å². The second kappa shape index (κ2) is 2.65. The number of aromatic amines is 1. The SMILES string of the molecule is COC(=O)c1cc(O)c(C)[nH]1. The molecule has 2 N–H and O–H groups in total. The zero-order valence-electron chi connectivity index (χ0n) is 6.34. The zero-order chi connectivity index (χ0) is 8.43. The monoisotopic (exact) mass is 155 g/mol. The van der Waals surface area contributed by atoms with Gasteiger partial charge in [-0.3, -0.25) is 0 Å². The summed E-state index contributed by atoms with van der Waals surface area (Å²) < 4.78 is 4.42. The minimum atomic E-state index is -0.478. The molecule has 0 unspecified atom stereocenters. The minimum Gasteiger partial charge on any atom is -0.506 e. The Hall–Kier alpha value is -1.45. The molecule has 11 heavy (non-hydrogen) atoms. The highest BCUT2D eigenvalue weighted by molar-refractivity contribution is 5.88. The van der Waals surface area contributed by atoms with Crippen molar-refractivity contribution >= 4 is 5.97 Å². The Morgan fingerprint density at radius 3 is 2.73 bits per heavy atom. The summed E-state index contributed by atoms with van der Waals surface area (Å²) in [5.74, 6) is -0.404. The molecule has 0 amide bonds. The van der Waals surface area contributed by atoms with Gasteiger partial charge < -0.3 is 14.8 Å². The van der Waals surface area contributed by atoms with E-state index in [1.165, 1.54) is 13.2 Å². The average molecular weight is 155 g/mol. The van der Waals surface area contributed by atoms with Gasteiger partial charge in [-0.05, 0) is 6.92 Å². The highest BCUT2D eigenvalue weighted by Gasteiger charge is 2.09. The maximum absolute atomic E-state index is 10.8. The van der Waals surface area contributed by atoms with Gasteiger partial charge in [-0.15, -0.1) is 0 Å². The number of hydrogen-bond donors (Lipinski definition) is 2. The van der Waals surface area contributed by atoms with Crippen molar-refractivity contribution in [3.05, 3.63) is 17.5 Å². The van der Waals surface area contributed by atoms with E-state index in [1.54, 1.807) is 6.92 Å². The summed E-state index contributed by atoms with van der Waals surface area (Å²) in [6, 6.07) is 1.33. The maximum Gasteiger partial charge on any atom is 0.354 e. The third-order valence-electron chi connectivity index (χ3n) is 1.39. The van der Waals surface area contributed by atoms with Gasteiger partial charge in [0.2, 0.25) is 0 Å². The van der Waals surface area contributed by atoms with Crippen LogP contribution in [0.4, 0.5) is 0 Å². The first-order valence-corrected chi connectivity index (χ1v) is 3.12. The molecule has 1 rings (SSSR count). The van der Waals surface area contributed by atoms with E-state index in [-0.39, 0.29) is 11.4 Å². The van der Waals surface area contributed by atoms with Crippen LogP contribution in [0.1, 0.15) is 16.2 Å². The average Bonchev–Trinajstić information content (AvgIpc) is 2.31. The van der Waals surface area contributed by atoms with Crippen LogP contribution in [0.5, 0.6) is 5.75 Å². The maximum atomic E-state index is 10.8. The summed E-state index contributed by atoms with van der Waals surface area (Å²) in [5, 5.41) is 9.05. The van der Waals surface area contributed by atoms with E-state index in [2.05, 4.69) is 9.72 Å². The van der Waals surface area contributed by atoms with Gasteiger partial charge in [-0.1, -0.05) is 0 Å². The van der Waals surface area contributed by atoms with E-state index < -0.39 is 5.97 Å². The molecule has 0 aliphatic carbocycles. The van der Waals surface area contributed by atoms with Crippen LogP contribution in [0.3, 0.4) is 0 Å². The van der Waals surface area contributed by atoms with Gasteiger partial charge in [0.1, 0.15) is 11.4 Å². The summed E-state index contributed by atoms with van der Waals surface area (Å²) in [4.78, 5) is 13.5. The van der Waals surface area contributed by atoms with Gasteiger partial charge in [-0.2, -0.15) is 0 Å². The molecule has 0 spiro atoms. The summed E-state index contributed by atoms with van der Waals surface area (Å²) in [7, 11) is 1.29. The predicted octanol–water partition coefficient (Wildman–Crippen LogP) is 0.815. The molecule has 4 nitrogen and oxygen atoms in total. The molecule has 0 bridgehead atoms. The molecule has 0 aliphatic rings. The smallest absolute Gasteiger partial charge is 0.354 e. The van der Waals surface area contributed by atoms with Gasteiger partial charge in [0.05, 0.1) is 12.8 Å². The highest BCUT2D eigenvalue weighted by atomic mass is 16.5. The van der Waals surface area contributed by atoms with Crippen LogP contribution in [-0.2, 0) is 4.74 Å². The largest absolute Gasteiger partial charge is 0.506 e. The molecule has 0 aromatic carbocycles. The second-order valence-corrected chi connectivity index (χ2v) is 2.18. The Morgan fingerprint density at radius 2 is 2.36 bits per heavy atom. The van der Waals surface area contributed by atoms with Crippen molar-refractivity contribution in [3.8, 4) is 5.75 Å². The number of aromatic hydroxyl groups is 1. The third-order valence-corrected chi connectivity index (χ3v) is 1.39. The number of carbonyl (C=O) groups is 1. The van der Waals surface area contributed by atoms with Crippen molar-refractivity contribution in [3.63, 3.8) is 0 Å². The second-order valence-electron chi connectivity index (χ2n) is 2.18. The predicted molar refractivity (Wildman–Crippen MR) is 38.5 cm³/mol. The zero-order valence-corrected chi connectivity index (χ0v) is 6.34. The van der Waals surface area contributed by atoms with Gasteiger partial charge in [-0.25, -0.2) is 4.79 Å². The van der Waals surface area contributed by atoms with E-state index in [1.807, 2.05) is 0 Å². The fourth-order valence-corrected chi connectivity index (χ4v) is 0.767. The van der Waals surface area contributed by atoms with Crippen molar-refractivity contribution in [1.82, 2.24) is 4.98 Å². The topological polar surface area (TPSA) is 62.3 Å². The van der Waals surface area contributed by atoms with Crippen molar-refractivity contribution in [2.45, 2.75) is 6.92 Å². The molecule has 0 saturated carbocycles. The number of nitrogens with one attached hydrogen (secondary N) is 1. The lowest BCUT2D eigenvalue weighted by Gasteiger charge is -1.91. The number of methoxy groups -OCH3 is 1. The molecule has 0 fully saturated rings. The third kappa shape index (κ3) is 1.34. The molecule has 4 heteroatoms. The normalized spacial score (nSPS) is 9.64. The molecule has 0 radical (unpaired) electrons. The Balaban J connectivity index is 2.97. The summed E-state index contributed by atoms with van der Waals surface area (Å²) in [6.45, 7) is 1.67. The van der Waals surface area contributed by atoms with Gasteiger partial charge in [0, 0.05) is 6.07 Å². The molecular weight excluding hydrogens is 146 g/mol. The number of esters is 1. The van der Waals surface area contributed by atoms with Crippen LogP contribution in [0.15, 0.2) is 6.07 Å². The molecule has 1 heterocycles. The molecule has 60 valence electrons. The lowest BCUT2D eigenvalue weighted by atomic mass is 10.4. The minimum absolute atomic E-state index is 0.0744. The molecule has 1 aromatic rings. The van der Waals surface area contributed by atoms with Crippen LogP contribution in [0.25, 0.3) is 0 Å². The van der Waals surface area contributed by atoms with E-state index in [4.69, 9.17) is 5.11 Å². The van der Waals surface area contributed by atoms with Gasteiger partial charge >= 0.3 is 5.97 Å². The number of ether oxygens (including phenoxy) is 1. The lowest BCUT2D eigenvalue weighted by molar-refractivity contribution is 0.0594. The van der Waals surface area contributed by atoms with Crippen LogP contribution in [0, 0.1) is 6.92 Å². The fourth-order valence-electron chi connectivity index (χ4n) is 0.767. The summed E-state index contributed by atoms with van der Waals surface area (Å²) >= 11 is 0. The first-order valence-electron chi connectivity index (χ1n) is 3.12. The summed E-state index contributed by atoms with van der Waals surface area (Å²) in [6.07, 6.45) is 0.